The van der Waals surface area contributed by atoms with Crippen molar-refractivity contribution in [3.8, 4) is 11.5 Å². The number of phenolic OH excluding ortho intramolecular Hbond substituents is 1. The smallest absolute Gasteiger partial charge is 0.140 e. The SMILES string of the molecule is COc1ccc(O)c(N)c1Cl. The van der Waals surface area contributed by atoms with Gasteiger partial charge >= 0.3 is 0 Å². The molecule has 4 heteroatoms. The largest absolute Gasteiger partial charge is 0.506 e. The van der Waals surface area contributed by atoms with Gasteiger partial charge in [-0.05, 0) is 12.1 Å². The Bertz CT molecular complexity index is 275. The molecule has 1 rings (SSSR count). The highest BCUT2D eigenvalue weighted by atomic mass is 35.5. The Morgan fingerprint density at radius 2 is 2.18 bits per heavy atom. The first-order chi connectivity index (χ1) is 5.16. The van der Waals surface area contributed by atoms with Gasteiger partial charge in [0.1, 0.15) is 16.5 Å². The summed E-state index contributed by atoms with van der Waals surface area (Å²) in [5.74, 6) is 0.428. The van der Waals surface area contributed by atoms with Crippen LogP contribution in [0.5, 0.6) is 11.5 Å². The Morgan fingerprint density at radius 1 is 1.55 bits per heavy atom. The van der Waals surface area contributed by atoms with Crippen molar-refractivity contribution in [3.63, 3.8) is 0 Å². The lowest BCUT2D eigenvalue weighted by Gasteiger charge is -2.05. The number of nitrogens with two attached hydrogens (primary N) is 1. The number of phenols is 1. The number of anilines is 1. The normalized spacial score (nSPS) is 9.64. The molecule has 0 bridgehead atoms. The third-order valence-electron chi connectivity index (χ3n) is 1.34. The number of hydrogen-bond donors (Lipinski definition) is 2. The van der Waals surface area contributed by atoms with Crippen molar-refractivity contribution in [2.45, 2.75) is 0 Å². The highest BCUT2D eigenvalue weighted by Crippen LogP contribution is 2.35. The number of benzene rings is 1. The number of nitrogen functional groups attached to an aromatic ring is 1. The maximum Gasteiger partial charge on any atom is 0.140 e. The van der Waals surface area contributed by atoms with Gasteiger partial charge in [-0.15, -0.1) is 0 Å². The molecule has 0 aliphatic carbocycles. The maximum absolute atomic E-state index is 9.06. The predicted octanol–water partition coefficient (Wildman–Crippen LogP) is 1.64. The van der Waals surface area contributed by atoms with E-state index in [-0.39, 0.29) is 16.5 Å². The quantitative estimate of drug-likeness (QED) is 0.502. The molecule has 0 saturated heterocycles. The van der Waals surface area contributed by atoms with Crippen molar-refractivity contribution in [2.75, 3.05) is 12.8 Å². The average Bonchev–Trinajstić information content (AvgIpc) is 2.01. The second-order valence-electron chi connectivity index (χ2n) is 2.01. The van der Waals surface area contributed by atoms with Crippen molar-refractivity contribution in [2.24, 2.45) is 0 Å². The minimum atomic E-state index is -0.0317. The van der Waals surface area contributed by atoms with Gasteiger partial charge < -0.3 is 15.6 Å². The summed E-state index contributed by atoms with van der Waals surface area (Å²) in [5, 5.41) is 9.30. The molecule has 0 saturated carbocycles. The van der Waals surface area contributed by atoms with Gasteiger partial charge in [0.05, 0.1) is 12.8 Å². The zero-order valence-electron chi connectivity index (χ0n) is 5.97. The fourth-order valence-electron chi connectivity index (χ4n) is 0.720. The van der Waals surface area contributed by atoms with Gasteiger partial charge in [-0.1, -0.05) is 11.6 Å². The highest BCUT2D eigenvalue weighted by Gasteiger charge is 2.07. The van der Waals surface area contributed by atoms with Crippen LogP contribution in [0, 0.1) is 0 Å². The molecular formula is C7H8ClNO2. The molecular weight excluding hydrogens is 166 g/mol. The van der Waals surface area contributed by atoms with Crippen molar-refractivity contribution in [1.29, 1.82) is 0 Å². The standard InChI is InChI=1S/C7H8ClNO2/c1-11-5-3-2-4(10)7(9)6(5)8/h2-3,10H,9H2,1H3. The number of rotatable bonds is 1. The van der Waals surface area contributed by atoms with E-state index in [4.69, 9.17) is 27.2 Å². The van der Waals surface area contributed by atoms with Crippen LogP contribution in [-0.4, -0.2) is 12.2 Å². The van der Waals surface area contributed by atoms with Gasteiger partial charge in [0.15, 0.2) is 0 Å². The van der Waals surface area contributed by atoms with Crippen molar-refractivity contribution in [1.82, 2.24) is 0 Å². The van der Waals surface area contributed by atoms with Gasteiger partial charge in [0.2, 0.25) is 0 Å². The Labute approximate surface area is 69.3 Å². The van der Waals surface area contributed by atoms with E-state index in [2.05, 4.69) is 0 Å². The van der Waals surface area contributed by atoms with Crippen LogP contribution in [0.25, 0.3) is 0 Å². The number of halogens is 1. The van der Waals surface area contributed by atoms with E-state index < -0.39 is 0 Å². The first-order valence-electron chi connectivity index (χ1n) is 2.97. The lowest BCUT2D eigenvalue weighted by atomic mass is 10.3. The van der Waals surface area contributed by atoms with E-state index in [9.17, 15) is 0 Å². The van der Waals surface area contributed by atoms with Crippen molar-refractivity contribution < 1.29 is 9.84 Å². The number of ether oxygens (including phenoxy) is 1. The van der Waals surface area contributed by atoms with Gasteiger partial charge in [-0.25, -0.2) is 0 Å². The molecule has 1 aromatic rings. The van der Waals surface area contributed by atoms with Crippen molar-refractivity contribution in [3.05, 3.63) is 17.2 Å². The van der Waals surface area contributed by atoms with Gasteiger partial charge in [-0.3, -0.25) is 0 Å². The zero-order chi connectivity index (χ0) is 8.43. The Morgan fingerprint density at radius 3 is 2.73 bits per heavy atom. The van der Waals surface area contributed by atoms with E-state index >= 15 is 0 Å². The molecule has 1 aromatic carbocycles. The van der Waals surface area contributed by atoms with Crippen LogP contribution < -0.4 is 10.5 Å². The molecule has 0 aliphatic heterocycles. The lowest BCUT2D eigenvalue weighted by molar-refractivity contribution is 0.413. The second kappa shape index (κ2) is 2.88. The molecule has 0 aromatic heterocycles. The van der Waals surface area contributed by atoms with Gasteiger partial charge in [-0.2, -0.15) is 0 Å². The molecule has 0 amide bonds. The third kappa shape index (κ3) is 1.33. The molecule has 3 nitrogen and oxygen atoms in total. The molecule has 0 heterocycles. The molecule has 0 unspecified atom stereocenters. The minimum absolute atomic E-state index is 0.0317. The van der Waals surface area contributed by atoms with Gasteiger partial charge in [0.25, 0.3) is 0 Å². The molecule has 0 radical (unpaired) electrons. The summed E-state index contributed by atoms with van der Waals surface area (Å²) in [5.41, 5.74) is 5.54. The van der Waals surface area contributed by atoms with Crippen LogP contribution in [0.3, 0.4) is 0 Å². The van der Waals surface area contributed by atoms with Crippen LogP contribution in [-0.2, 0) is 0 Å². The summed E-state index contributed by atoms with van der Waals surface area (Å²) in [4.78, 5) is 0. The van der Waals surface area contributed by atoms with E-state index in [1.807, 2.05) is 0 Å². The van der Waals surface area contributed by atoms with Gasteiger partial charge in [0, 0.05) is 0 Å². The molecule has 0 aliphatic rings. The molecule has 3 N–H and O–H groups in total. The molecule has 0 fully saturated rings. The van der Waals surface area contributed by atoms with Crippen LogP contribution in [0.4, 0.5) is 5.69 Å². The second-order valence-corrected chi connectivity index (χ2v) is 2.39. The number of hydrogen-bond acceptors (Lipinski definition) is 3. The monoisotopic (exact) mass is 173 g/mol. The van der Waals surface area contributed by atoms with Crippen LogP contribution in [0.2, 0.25) is 5.02 Å². The molecule has 60 valence electrons. The lowest BCUT2D eigenvalue weighted by Crippen LogP contribution is -1.90. The third-order valence-corrected chi connectivity index (χ3v) is 1.73. The van der Waals surface area contributed by atoms with Crippen LogP contribution >= 0.6 is 11.6 Å². The maximum atomic E-state index is 9.06. The summed E-state index contributed by atoms with van der Waals surface area (Å²) >= 11 is 5.69. The first-order valence-corrected chi connectivity index (χ1v) is 3.35. The summed E-state index contributed by atoms with van der Waals surface area (Å²) in [7, 11) is 1.48. The fourth-order valence-corrected chi connectivity index (χ4v) is 0.957. The Balaban J connectivity index is 3.25. The van der Waals surface area contributed by atoms with E-state index in [1.165, 1.54) is 13.2 Å². The number of methoxy groups -OCH3 is 1. The molecule has 0 spiro atoms. The summed E-state index contributed by atoms with van der Waals surface area (Å²) < 4.78 is 4.86. The van der Waals surface area contributed by atoms with Crippen LogP contribution in [0.15, 0.2) is 12.1 Å². The highest BCUT2D eigenvalue weighted by molar-refractivity contribution is 6.34. The van der Waals surface area contributed by atoms with Crippen molar-refractivity contribution >= 4 is 17.3 Å². The zero-order valence-corrected chi connectivity index (χ0v) is 6.72. The molecule has 0 atom stereocenters. The van der Waals surface area contributed by atoms with E-state index in [0.29, 0.717) is 5.75 Å². The number of aromatic hydroxyl groups is 1. The summed E-state index contributed by atoms with van der Waals surface area (Å²) in [6, 6.07) is 2.98. The summed E-state index contributed by atoms with van der Waals surface area (Å²) in [6.07, 6.45) is 0. The Hall–Kier alpha value is -1.09. The average molecular weight is 174 g/mol. The molecule has 11 heavy (non-hydrogen) atoms. The summed E-state index contributed by atoms with van der Waals surface area (Å²) in [6.45, 7) is 0. The minimum Gasteiger partial charge on any atom is -0.506 e. The first kappa shape index (κ1) is 8.01. The van der Waals surface area contributed by atoms with E-state index in [0.717, 1.165) is 0 Å². The van der Waals surface area contributed by atoms with E-state index in [1.54, 1.807) is 6.07 Å². The Kier molecular flexibility index (Phi) is 2.10. The topological polar surface area (TPSA) is 55.5 Å². The van der Waals surface area contributed by atoms with Crippen LogP contribution in [0.1, 0.15) is 0 Å². The predicted molar refractivity (Wildman–Crippen MR) is 44.1 cm³/mol. The fraction of sp³-hybridized carbons (Fsp3) is 0.143.